The number of fused-ring (bicyclic) bond motifs is 1. The van der Waals surface area contributed by atoms with E-state index in [0.29, 0.717) is 6.54 Å². The van der Waals surface area contributed by atoms with E-state index in [9.17, 15) is 18.0 Å². The van der Waals surface area contributed by atoms with Crippen molar-refractivity contribution in [3.05, 3.63) is 34.9 Å². The van der Waals surface area contributed by atoms with Gasteiger partial charge < -0.3 is 17.7 Å². The van der Waals surface area contributed by atoms with Gasteiger partial charge in [0.05, 0.1) is 6.54 Å². The summed E-state index contributed by atoms with van der Waals surface area (Å²) in [5, 5.41) is 2.02. The van der Waals surface area contributed by atoms with Gasteiger partial charge in [-0.3, -0.25) is 4.79 Å². The minimum absolute atomic E-state index is 0. The molecule has 2 N–H and O–H groups in total. The SMILES string of the molecule is O=C(c1ccc2c(c1)C[NH2+]CC2)C(F)(F)F.[Cl-]. The molecule has 0 amide bonds. The van der Waals surface area contributed by atoms with Gasteiger partial charge in [0.15, 0.2) is 0 Å². The van der Waals surface area contributed by atoms with Crippen LogP contribution in [0.4, 0.5) is 13.2 Å². The van der Waals surface area contributed by atoms with E-state index >= 15 is 0 Å². The van der Waals surface area contributed by atoms with Crippen molar-refractivity contribution in [3.8, 4) is 0 Å². The van der Waals surface area contributed by atoms with Crippen LogP contribution in [0.3, 0.4) is 0 Å². The van der Waals surface area contributed by atoms with Gasteiger partial charge in [-0.05, 0) is 11.6 Å². The van der Waals surface area contributed by atoms with Gasteiger partial charge in [-0.15, -0.1) is 0 Å². The van der Waals surface area contributed by atoms with Crippen molar-refractivity contribution in [1.82, 2.24) is 0 Å². The molecular weight excluding hydrogens is 255 g/mol. The van der Waals surface area contributed by atoms with E-state index in [4.69, 9.17) is 0 Å². The fraction of sp³-hybridized carbons (Fsp3) is 0.364. The van der Waals surface area contributed by atoms with Crippen LogP contribution in [-0.2, 0) is 13.0 Å². The number of carbonyl (C=O) groups is 1. The van der Waals surface area contributed by atoms with E-state index in [1.165, 1.54) is 12.1 Å². The smallest absolute Gasteiger partial charge is 0.454 e. The number of rotatable bonds is 1. The first-order valence-corrected chi connectivity index (χ1v) is 5.03. The Bertz CT molecular complexity index is 431. The molecule has 1 aromatic rings. The van der Waals surface area contributed by atoms with Gasteiger partial charge in [-0.2, -0.15) is 13.2 Å². The molecule has 0 atom stereocenters. The Balaban J connectivity index is 0.00000144. The van der Waals surface area contributed by atoms with Crippen molar-refractivity contribution >= 4 is 5.78 Å². The zero-order chi connectivity index (χ0) is 11.8. The summed E-state index contributed by atoms with van der Waals surface area (Å²) in [6, 6.07) is 4.25. The first kappa shape index (κ1) is 14.0. The normalized spacial score (nSPS) is 14.8. The molecule has 1 aliphatic rings. The molecule has 0 spiro atoms. The molecule has 0 bridgehead atoms. The quantitative estimate of drug-likeness (QED) is 0.589. The maximum absolute atomic E-state index is 12.2. The van der Waals surface area contributed by atoms with Crippen LogP contribution < -0.4 is 17.7 Å². The van der Waals surface area contributed by atoms with Gasteiger partial charge in [0.2, 0.25) is 0 Å². The second kappa shape index (κ2) is 5.06. The Morgan fingerprint density at radius 1 is 1.24 bits per heavy atom. The Hall–Kier alpha value is -1.07. The topological polar surface area (TPSA) is 33.7 Å². The summed E-state index contributed by atoms with van der Waals surface area (Å²) >= 11 is 0. The Morgan fingerprint density at radius 3 is 2.59 bits per heavy atom. The summed E-state index contributed by atoms with van der Waals surface area (Å²) in [6.45, 7) is 1.59. The lowest BCUT2D eigenvalue weighted by Gasteiger charge is -2.15. The molecule has 2 rings (SSSR count). The summed E-state index contributed by atoms with van der Waals surface area (Å²) < 4.78 is 36.6. The third kappa shape index (κ3) is 2.98. The number of quaternary nitrogens is 1. The van der Waals surface area contributed by atoms with Crippen LogP contribution in [0.15, 0.2) is 18.2 Å². The molecule has 17 heavy (non-hydrogen) atoms. The zero-order valence-electron chi connectivity index (χ0n) is 8.85. The fourth-order valence-corrected chi connectivity index (χ4v) is 1.88. The molecule has 0 saturated heterocycles. The van der Waals surface area contributed by atoms with Gasteiger partial charge in [0.1, 0.15) is 6.54 Å². The van der Waals surface area contributed by atoms with Crippen LogP contribution in [-0.4, -0.2) is 18.5 Å². The number of halogens is 4. The molecule has 0 saturated carbocycles. The fourth-order valence-electron chi connectivity index (χ4n) is 1.88. The Labute approximate surface area is 103 Å². The second-order valence-electron chi connectivity index (χ2n) is 3.84. The van der Waals surface area contributed by atoms with Crippen molar-refractivity contribution in [3.63, 3.8) is 0 Å². The molecule has 0 aliphatic carbocycles. The average molecular weight is 266 g/mol. The molecule has 2 nitrogen and oxygen atoms in total. The Kier molecular flexibility index (Phi) is 4.16. The number of Topliss-reactive ketones (excluding diaryl/α,β-unsaturated/α-hetero) is 1. The number of ketones is 1. The molecule has 0 fully saturated rings. The maximum atomic E-state index is 12.2. The van der Waals surface area contributed by atoms with E-state index < -0.39 is 12.0 Å². The molecule has 1 heterocycles. The molecule has 94 valence electrons. The lowest BCUT2D eigenvalue weighted by molar-refractivity contribution is -0.673. The third-order valence-corrected chi connectivity index (χ3v) is 2.71. The van der Waals surface area contributed by atoms with E-state index in [1.807, 2.05) is 5.32 Å². The van der Waals surface area contributed by atoms with Crippen LogP contribution in [0.25, 0.3) is 0 Å². The number of alkyl halides is 3. The highest BCUT2D eigenvalue weighted by atomic mass is 35.5. The van der Waals surface area contributed by atoms with Crippen LogP contribution in [0.5, 0.6) is 0 Å². The van der Waals surface area contributed by atoms with E-state index in [1.54, 1.807) is 6.07 Å². The highest BCUT2D eigenvalue weighted by molar-refractivity contribution is 6.00. The standard InChI is InChI=1S/C11H10F3NO.ClH/c12-11(13,14)10(16)8-2-1-7-3-4-15-6-9(7)5-8;/h1-2,5,15H,3-4,6H2;1H. The molecule has 0 aromatic heterocycles. The predicted octanol–water partition coefficient (Wildman–Crippen LogP) is -1.94. The largest absolute Gasteiger partial charge is 1.00 e. The molecule has 0 unspecified atom stereocenters. The second-order valence-corrected chi connectivity index (χ2v) is 3.84. The van der Waals surface area contributed by atoms with Crippen LogP contribution in [0.2, 0.25) is 0 Å². The molecule has 6 heteroatoms. The lowest BCUT2D eigenvalue weighted by Crippen LogP contribution is -3.00. The van der Waals surface area contributed by atoms with E-state index in [0.717, 1.165) is 24.1 Å². The van der Waals surface area contributed by atoms with Gasteiger partial charge in [0.25, 0.3) is 5.78 Å². The Morgan fingerprint density at radius 2 is 1.94 bits per heavy atom. The van der Waals surface area contributed by atoms with Crippen LogP contribution in [0, 0.1) is 0 Å². The average Bonchev–Trinajstić information content (AvgIpc) is 2.26. The first-order chi connectivity index (χ1) is 7.48. The van der Waals surface area contributed by atoms with Gasteiger partial charge >= 0.3 is 6.18 Å². The summed E-state index contributed by atoms with van der Waals surface area (Å²) in [4.78, 5) is 11.0. The minimum atomic E-state index is -4.79. The minimum Gasteiger partial charge on any atom is -1.00 e. The summed E-state index contributed by atoms with van der Waals surface area (Å²) in [5.74, 6) is -1.76. The van der Waals surface area contributed by atoms with E-state index in [2.05, 4.69) is 0 Å². The monoisotopic (exact) mass is 265 g/mol. The third-order valence-electron chi connectivity index (χ3n) is 2.71. The van der Waals surface area contributed by atoms with Gasteiger partial charge in [0, 0.05) is 17.5 Å². The number of nitrogens with two attached hydrogens (primary N) is 1. The molecule has 1 aliphatic heterocycles. The number of hydrogen-bond donors (Lipinski definition) is 1. The summed E-state index contributed by atoms with van der Waals surface area (Å²) in [6.07, 6.45) is -3.94. The lowest BCUT2D eigenvalue weighted by atomic mass is 9.97. The van der Waals surface area contributed by atoms with Crippen molar-refractivity contribution in [2.45, 2.75) is 19.1 Å². The maximum Gasteiger partial charge on any atom is 0.454 e. The van der Waals surface area contributed by atoms with Crippen LogP contribution >= 0.6 is 0 Å². The highest BCUT2D eigenvalue weighted by Crippen LogP contribution is 2.23. The number of hydrogen-bond acceptors (Lipinski definition) is 1. The summed E-state index contributed by atoms with van der Waals surface area (Å²) in [5.41, 5.74) is 1.61. The van der Waals surface area contributed by atoms with Gasteiger partial charge in [-0.1, -0.05) is 12.1 Å². The van der Waals surface area contributed by atoms with E-state index in [-0.39, 0.29) is 18.0 Å². The first-order valence-electron chi connectivity index (χ1n) is 5.03. The molecular formula is C11H11ClF3NO. The van der Waals surface area contributed by atoms with Crippen LogP contribution in [0.1, 0.15) is 21.5 Å². The molecule has 1 aromatic carbocycles. The molecule has 0 radical (unpaired) electrons. The van der Waals surface area contributed by atoms with Crippen molar-refractivity contribution in [2.75, 3.05) is 6.54 Å². The highest BCUT2D eigenvalue weighted by Gasteiger charge is 2.39. The zero-order valence-corrected chi connectivity index (χ0v) is 9.61. The number of carbonyl (C=O) groups excluding carboxylic acids is 1. The predicted molar refractivity (Wildman–Crippen MR) is 51.0 cm³/mol. The number of benzene rings is 1. The van der Waals surface area contributed by atoms with Gasteiger partial charge in [-0.25, -0.2) is 0 Å². The van der Waals surface area contributed by atoms with Crippen molar-refractivity contribution in [1.29, 1.82) is 0 Å². The summed E-state index contributed by atoms with van der Waals surface area (Å²) in [7, 11) is 0. The van der Waals surface area contributed by atoms with Crippen molar-refractivity contribution < 1.29 is 35.7 Å². The van der Waals surface area contributed by atoms with Crippen molar-refractivity contribution in [2.24, 2.45) is 0 Å².